The summed E-state index contributed by atoms with van der Waals surface area (Å²) in [7, 11) is 0. The van der Waals surface area contributed by atoms with Crippen molar-refractivity contribution in [2.75, 3.05) is 0 Å². The van der Waals surface area contributed by atoms with E-state index in [0.717, 1.165) is 23.7 Å². The lowest BCUT2D eigenvalue weighted by Gasteiger charge is -2.41. The van der Waals surface area contributed by atoms with Gasteiger partial charge in [0.25, 0.3) is 0 Å². The Bertz CT molecular complexity index is 243. The van der Waals surface area contributed by atoms with Crippen LogP contribution in [0, 0.1) is 47.3 Å². The first-order valence-electron chi connectivity index (χ1n) is 7.77. The van der Waals surface area contributed by atoms with Crippen molar-refractivity contribution < 1.29 is 0 Å². The molecule has 0 radical (unpaired) electrons. The van der Waals surface area contributed by atoms with Gasteiger partial charge in [-0.05, 0) is 73.0 Å². The molecule has 0 aromatic rings. The highest BCUT2D eigenvalue weighted by molar-refractivity contribution is 5.11. The summed E-state index contributed by atoms with van der Waals surface area (Å²) in [5.41, 5.74) is 0. The zero-order valence-electron chi connectivity index (χ0n) is 11.4. The average Bonchev–Trinajstić information content (AvgIpc) is 3.03. The Labute approximate surface area is 109 Å². The van der Waals surface area contributed by atoms with Gasteiger partial charge < -0.3 is 0 Å². The first-order valence-corrected chi connectivity index (χ1v) is 7.77. The molecule has 17 heavy (non-hydrogen) atoms. The van der Waals surface area contributed by atoms with Gasteiger partial charge in [-0.25, -0.2) is 0 Å². The van der Waals surface area contributed by atoms with Gasteiger partial charge in [0.05, 0.1) is 0 Å². The van der Waals surface area contributed by atoms with Crippen molar-refractivity contribution in [1.29, 1.82) is 0 Å². The van der Waals surface area contributed by atoms with Crippen molar-refractivity contribution in [2.45, 2.75) is 60.8 Å². The van der Waals surface area contributed by atoms with Crippen LogP contribution >= 0.6 is 0 Å². The Morgan fingerprint density at radius 2 is 1.12 bits per heavy atom. The van der Waals surface area contributed by atoms with Crippen molar-refractivity contribution >= 4 is 0 Å². The average molecular weight is 236 g/mol. The highest BCUT2D eigenvalue weighted by Gasteiger charge is 2.63. The minimum Gasteiger partial charge on any atom is -0.0776 e. The standard InChI is InChI=1S/C14H22.C2H6.CH4/c1-7-8(2)12-6-11(7)13-9-3-4-10(5-9)14(12)13;1-2;/h7-14H,3-6H2,1-2H3;1-2H3;1H4. The highest BCUT2D eigenvalue weighted by Crippen LogP contribution is 2.70. The summed E-state index contributed by atoms with van der Waals surface area (Å²) in [6.45, 7) is 9.08. The molecular weight excluding hydrogens is 204 g/mol. The molecule has 0 nitrogen and oxygen atoms in total. The van der Waals surface area contributed by atoms with E-state index in [9.17, 15) is 0 Å². The third kappa shape index (κ3) is 1.55. The van der Waals surface area contributed by atoms with Gasteiger partial charge in [0.15, 0.2) is 0 Å². The van der Waals surface area contributed by atoms with E-state index in [1.165, 1.54) is 23.7 Å². The van der Waals surface area contributed by atoms with Crippen LogP contribution in [0.2, 0.25) is 0 Å². The minimum absolute atomic E-state index is 0. The maximum absolute atomic E-state index is 2.54. The molecular formula is C17H32. The fourth-order valence-corrected chi connectivity index (χ4v) is 6.19. The second-order valence-corrected chi connectivity index (χ2v) is 6.77. The van der Waals surface area contributed by atoms with Gasteiger partial charge in [-0.2, -0.15) is 0 Å². The molecule has 100 valence electrons. The van der Waals surface area contributed by atoms with Gasteiger partial charge in [0.1, 0.15) is 0 Å². The van der Waals surface area contributed by atoms with Crippen molar-refractivity contribution in [3.63, 3.8) is 0 Å². The fraction of sp³-hybridized carbons (Fsp3) is 1.00. The van der Waals surface area contributed by atoms with E-state index in [1.807, 2.05) is 13.8 Å². The lowest BCUT2D eigenvalue weighted by Crippen LogP contribution is -2.35. The number of hydrogen-bond acceptors (Lipinski definition) is 0. The van der Waals surface area contributed by atoms with Gasteiger partial charge in [-0.1, -0.05) is 35.1 Å². The van der Waals surface area contributed by atoms with Crippen LogP contribution in [-0.4, -0.2) is 0 Å². The third-order valence-corrected chi connectivity index (χ3v) is 6.76. The topological polar surface area (TPSA) is 0 Å². The Kier molecular flexibility index (Phi) is 3.63. The number of fused-ring (bicyclic) bond motifs is 9. The smallest absolute Gasteiger partial charge is 0.0321 e. The molecule has 0 N–H and O–H groups in total. The molecule has 0 aromatic carbocycles. The molecule has 4 bridgehead atoms. The summed E-state index contributed by atoms with van der Waals surface area (Å²) in [6.07, 6.45) is 6.43. The normalized spacial score (nSPS) is 57.2. The Balaban J connectivity index is 0.000000344. The molecule has 0 amide bonds. The minimum atomic E-state index is 0. The monoisotopic (exact) mass is 236 g/mol. The molecule has 4 aliphatic carbocycles. The zero-order chi connectivity index (χ0) is 11.4. The van der Waals surface area contributed by atoms with E-state index in [1.54, 1.807) is 25.7 Å². The molecule has 0 saturated heterocycles. The van der Waals surface area contributed by atoms with Crippen molar-refractivity contribution in [2.24, 2.45) is 47.3 Å². The lowest BCUT2D eigenvalue weighted by atomic mass is 9.64. The molecule has 4 saturated carbocycles. The molecule has 0 aliphatic heterocycles. The van der Waals surface area contributed by atoms with Crippen LogP contribution in [0.15, 0.2) is 0 Å². The lowest BCUT2D eigenvalue weighted by molar-refractivity contribution is 0.0716. The van der Waals surface area contributed by atoms with E-state index in [2.05, 4.69) is 13.8 Å². The zero-order valence-corrected chi connectivity index (χ0v) is 11.4. The molecule has 0 heterocycles. The molecule has 0 aromatic heterocycles. The fourth-order valence-electron chi connectivity index (χ4n) is 6.19. The van der Waals surface area contributed by atoms with Gasteiger partial charge >= 0.3 is 0 Å². The van der Waals surface area contributed by atoms with Crippen LogP contribution in [0.1, 0.15) is 60.8 Å². The third-order valence-electron chi connectivity index (χ3n) is 6.76. The number of rotatable bonds is 0. The molecule has 0 heteroatoms. The van der Waals surface area contributed by atoms with Crippen LogP contribution in [0.25, 0.3) is 0 Å². The van der Waals surface area contributed by atoms with Gasteiger partial charge in [0.2, 0.25) is 0 Å². The van der Waals surface area contributed by atoms with Crippen molar-refractivity contribution in [3.05, 3.63) is 0 Å². The SMILES string of the molecule is C.CC.CC1C(C)C2CC1C1C3CCC(C3)C21. The summed E-state index contributed by atoms with van der Waals surface area (Å²) >= 11 is 0. The Morgan fingerprint density at radius 1 is 0.706 bits per heavy atom. The predicted molar refractivity (Wildman–Crippen MR) is 75.8 cm³/mol. The van der Waals surface area contributed by atoms with E-state index >= 15 is 0 Å². The second-order valence-electron chi connectivity index (χ2n) is 6.77. The van der Waals surface area contributed by atoms with E-state index in [0.29, 0.717) is 0 Å². The molecule has 8 unspecified atom stereocenters. The van der Waals surface area contributed by atoms with Crippen molar-refractivity contribution in [3.8, 4) is 0 Å². The molecule has 4 rings (SSSR count). The summed E-state index contributed by atoms with van der Waals surface area (Å²) in [4.78, 5) is 0. The summed E-state index contributed by atoms with van der Waals surface area (Å²) < 4.78 is 0. The van der Waals surface area contributed by atoms with Crippen molar-refractivity contribution in [1.82, 2.24) is 0 Å². The van der Waals surface area contributed by atoms with Gasteiger partial charge in [0, 0.05) is 0 Å². The first-order chi connectivity index (χ1) is 7.77. The summed E-state index contributed by atoms with van der Waals surface area (Å²) in [5, 5.41) is 0. The van der Waals surface area contributed by atoms with E-state index < -0.39 is 0 Å². The number of hydrogen-bond donors (Lipinski definition) is 0. The van der Waals surface area contributed by atoms with E-state index in [-0.39, 0.29) is 7.43 Å². The highest BCUT2D eigenvalue weighted by atomic mass is 14.7. The largest absolute Gasteiger partial charge is 0.0776 e. The molecule has 8 atom stereocenters. The maximum atomic E-state index is 2.54. The molecule has 4 aliphatic rings. The van der Waals surface area contributed by atoms with Gasteiger partial charge in [-0.15, -0.1) is 0 Å². The Hall–Kier alpha value is 0. The second kappa shape index (κ2) is 4.59. The van der Waals surface area contributed by atoms with Crippen LogP contribution in [0.4, 0.5) is 0 Å². The van der Waals surface area contributed by atoms with E-state index in [4.69, 9.17) is 0 Å². The Morgan fingerprint density at radius 3 is 1.53 bits per heavy atom. The van der Waals surface area contributed by atoms with Gasteiger partial charge in [-0.3, -0.25) is 0 Å². The predicted octanol–water partition coefficient (Wildman–Crippen LogP) is 5.23. The van der Waals surface area contributed by atoms with Crippen LogP contribution < -0.4 is 0 Å². The first kappa shape index (κ1) is 13.4. The summed E-state index contributed by atoms with van der Waals surface area (Å²) in [5.74, 6) is 9.16. The quantitative estimate of drug-likeness (QED) is 0.505. The van der Waals surface area contributed by atoms with Crippen LogP contribution in [-0.2, 0) is 0 Å². The van der Waals surface area contributed by atoms with Crippen LogP contribution in [0.5, 0.6) is 0 Å². The summed E-state index contributed by atoms with van der Waals surface area (Å²) in [6, 6.07) is 0. The van der Waals surface area contributed by atoms with Crippen LogP contribution in [0.3, 0.4) is 0 Å². The molecule has 4 fully saturated rings. The molecule has 0 spiro atoms. The maximum Gasteiger partial charge on any atom is -0.0321 e.